The number of carbonyl (C=O) groups excluding carboxylic acids is 4. The van der Waals surface area contributed by atoms with Crippen LogP contribution in [0, 0.1) is 0 Å². The predicted octanol–water partition coefficient (Wildman–Crippen LogP) is -3.67. The number of carboxylic acid groups (broad SMARTS) is 4. The van der Waals surface area contributed by atoms with Gasteiger partial charge in [-0.05, 0) is 24.3 Å². The van der Waals surface area contributed by atoms with E-state index in [2.05, 4.69) is 26.3 Å². The summed E-state index contributed by atoms with van der Waals surface area (Å²) in [5.74, 6) is -4.93. The molecule has 0 fully saturated rings. The predicted molar refractivity (Wildman–Crippen MR) is 67.5 cm³/mol. The van der Waals surface area contributed by atoms with Crippen LogP contribution in [0.1, 0.15) is 7.43 Å². The first-order valence-electron chi connectivity index (χ1n) is 4.42. The van der Waals surface area contributed by atoms with Crippen molar-refractivity contribution in [2.24, 2.45) is 0 Å². The van der Waals surface area contributed by atoms with Gasteiger partial charge in [-0.2, -0.15) is 0 Å². The number of carbonyl (C=O) groups is 4. The minimum atomic E-state index is -1.23. The molecule has 0 saturated carbocycles. The van der Waals surface area contributed by atoms with Crippen molar-refractivity contribution in [2.45, 2.75) is 7.43 Å². The summed E-state index contributed by atoms with van der Waals surface area (Å²) < 4.78 is 0. The third-order valence-corrected chi connectivity index (χ3v) is 0.667. The standard InChI is InChI=1S/4C3H4O2.CH4/c4*1-2-3(4)5;/h4*2H,1H2,(H,4,5);1H4/p-4. The van der Waals surface area contributed by atoms with Crippen LogP contribution in [-0.2, 0) is 19.2 Å². The van der Waals surface area contributed by atoms with Crippen LogP contribution in [0.3, 0.4) is 0 Å². The normalized spacial score (nSPS) is 6.10. The topological polar surface area (TPSA) is 161 Å². The Morgan fingerprint density at radius 2 is 0.571 bits per heavy atom. The lowest BCUT2D eigenvalue weighted by Gasteiger charge is -1.81. The Morgan fingerprint density at radius 1 is 0.524 bits per heavy atom. The van der Waals surface area contributed by atoms with Crippen molar-refractivity contribution >= 4 is 23.9 Å². The van der Waals surface area contributed by atoms with Gasteiger partial charge in [0.25, 0.3) is 0 Å². The molecular weight excluding hydrogens is 284 g/mol. The van der Waals surface area contributed by atoms with Gasteiger partial charge >= 0.3 is 0 Å². The molecule has 0 saturated heterocycles. The van der Waals surface area contributed by atoms with Gasteiger partial charge < -0.3 is 39.6 Å². The van der Waals surface area contributed by atoms with E-state index in [9.17, 15) is 0 Å². The average molecular weight is 300 g/mol. The van der Waals surface area contributed by atoms with Crippen LogP contribution >= 0.6 is 0 Å². The van der Waals surface area contributed by atoms with Gasteiger partial charge in [0, 0.05) is 0 Å². The highest BCUT2D eigenvalue weighted by molar-refractivity contribution is 5.77. The second-order valence-electron chi connectivity index (χ2n) is 2.09. The fourth-order valence-corrected chi connectivity index (χ4v) is 0. The van der Waals surface area contributed by atoms with Gasteiger partial charge in [0.05, 0.1) is 23.9 Å². The van der Waals surface area contributed by atoms with E-state index in [1.807, 2.05) is 0 Å². The molecule has 0 aromatic heterocycles. The molecule has 120 valence electrons. The third-order valence-electron chi connectivity index (χ3n) is 0.667. The quantitative estimate of drug-likeness (QED) is 0.479. The highest BCUT2D eigenvalue weighted by atomic mass is 16.4. The van der Waals surface area contributed by atoms with Crippen LogP contribution in [0.4, 0.5) is 0 Å². The van der Waals surface area contributed by atoms with Crippen molar-refractivity contribution in [1.29, 1.82) is 0 Å². The Balaban J connectivity index is -0.0000000533. The molecule has 0 aliphatic heterocycles. The van der Waals surface area contributed by atoms with Crippen LogP contribution in [-0.4, -0.2) is 23.9 Å². The number of hydrogen-bond donors (Lipinski definition) is 0. The van der Waals surface area contributed by atoms with Gasteiger partial charge in [0.2, 0.25) is 0 Å². The van der Waals surface area contributed by atoms with E-state index in [4.69, 9.17) is 39.6 Å². The van der Waals surface area contributed by atoms with Crippen molar-refractivity contribution in [3.05, 3.63) is 50.6 Å². The largest absolute Gasteiger partial charge is 0.545 e. The highest BCUT2D eigenvalue weighted by Crippen LogP contribution is 1.48. The molecule has 0 bridgehead atoms. The molecule has 0 spiro atoms. The van der Waals surface area contributed by atoms with Gasteiger partial charge in [-0.15, -0.1) is 0 Å². The van der Waals surface area contributed by atoms with E-state index in [0.717, 1.165) is 24.3 Å². The van der Waals surface area contributed by atoms with Gasteiger partial charge in [0.15, 0.2) is 0 Å². The molecule has 0 amide bonds. The number of hydrogen-bond acceptors (Lipinski definition) is 8. The zero-order valence-corrected chi connectivity index (χ0v) is 10.4. The number of rotatable bonds is 4. The molecule has 0 aliphatic rings. The molecule has 0 atom stereocenters. The Kier molecular flexibility index (Phi) is 37.5. The first kappa shape index (κ1) is 30.7. The molecule has 8 heteroatoms. The zero-order chi connectivity index (χ0) is 17.1. The van der Waals surface area contributed by atoms with Crippen LogP contribution < -0.4 is 20.4 Å². The monoisotopic (exact) mass is 300 g/mol. The van der Waals surface area contributed by atoms with Gasteiger partial charge in [-0.1, -0.05) is 33.7 Å². The van der Waals surface area contributed by atoms with E-state index in [1.165, 1.54) is 0 Å². The van der Waals surface area contributed by atoms with Crippen LogP contribution in [0.5, 0.6) is 0 Å². The summed E-state index contributed by atoms with van der Waals surface area (Å²) in [4.78, 5) is 36.6. The second kappa shape index (κ2) is 25.6. The Labute approximate surface area is 122 Å². The molecule has 21 heavy (non-hydrogen) atoms. The van der Waals surface area contributed by atoms with E-state index in [1.54, 1.807) is 0 Å². The van der Waals surface area contributed by atoms with Crippen molar-refractivity contribution in [3.8, 4) is 0 Å². The lowest BCUT2D eigenvalue weighted by molar-refractivity contribution is -0.298. The Hall–Kier alpha value is -3.16. The summed E-state index contributed by atoms with van der Waals surface area (Å²) in [6.07, 6.45) is 2.89. The molecule has 0 rings (SSSR count). The molecule has 0 aromatic carbocycles. The number of aliphatic carboxylic acids is 4. The second-order valence-corrected chi connectivity index (χ2v) is 2.09. The Morgan fingerprint density at radius 3 is 0.571 bits per heavy atom. The minimum absolute atomic E-state index is 0. The molecule has 0 aromatic rings. The third kappa shape index (κ3) is 158. The molecule has 0 aliphatic carbocycles. The van der Waals surface area contributed by atoms with Crippen molar-refractivity contribution < 1.29 is 39.6 Å². The molecule has 0 heterocycles. The van der Waals surface area contributed by atoms with Gasteiger partial charge in [-0.25, -0.2) is 0 Å². The van der Waals surface area contributed by atoms with E-state index in [0.29, 0.717) is 0 Å². The van der Waals surface area contributed by atoms with Gasteiger partial charge in [-0.3, -0.25) is 0 Å². The van der Waals surface area contributed by atoms with E-state index < -0.39 is 23.9 Å². The first-order chi connectivity index (χ1) is 9.08. The Bertz CT molecular complexity index is 296. The first-order valence-corrected chi connectivity index (χ1v) is 4.42. The fourth-order valence-electron chi connectivity index (χ4n) is 0. The fraction of sp³-hybridized carbons (Fsp3) is 0.0769. The van der Waals surface area contributed by atoms with Crippen LogP contribution in [0.25, 0.3) is 0 Å². The molecule has 0 radical (unpaired) electrons. The average Bonchev–Trinajstić information content (AvgIpc) is 2.40. The lowest BCUT2D eigenvalue weighted by atomic mass is 10.7. The maximum atomic E-state index is 9.14. The van der Waals surface area contributed by atoms with Crippen molar-refractivity contribution in [2.75, 3.05) is 0 Å². The molecular formula is C13H16O8-4. The smallest absolute Gasteiger partial charge is 0.0636 e. The summed E-state index contributed by atoms with van der Waals surface area (Å²) >= 11 is 0. The molecule has 0 unspecified atom stereocenters. The van der Waals surface area contributed by atoms with E-state index in [-0.39, 0.29) is 7.43 Å². The maximum absolute atomic E-state index is 9.14. The summed E-state index contributed by atoms with van der Waals surface area (Å²) in [5, 5.41) is 36.6. The summed E-state index contributed by atoms with van der Waals surface area (Å²) in [6, 6.07) is 0. The van der Waals surface area contributed by atoms with Crippen LogP contribution in [0.15, 0.2) is 50.6 Å². The van der Waals surface area contributed by atoms with Crippen molar-refractivity contribution in [3.63, 3.8) is 0 Å². The van der Waals surface area contributed by atoms with Crippen LogP contribution in [0.2, 0.25) is 0 Å². The SMILES string of the molecule is C.C=CC(=O)[O-].C=CC(=O)[O-].C=CC(=O)[O-].C=CC(=O)[O-]. The van der Waals surface area contributed by atoms with E-state index >= 15 is 0 Å². The summed E-state index contributed by atoms with van der Waals surface area (Å²) in [5.41, 5.74) is 0. The summed E-state index contributed by atoms with van der Waals surface area (Å²) in [6.45, 7) is 11.6. The van der Waals surface area contributed by atoms with Gasteiger partial charge in [0.1, 0.15) is 0 Å². The highest BCUT2D eigenvalue weighted by Gasteiger charge is 1.57. The van der Waals surface area contributed by atoms with Crippen molar-refractivity contribution in [1.82, 2.24) is 0 Å². The number of carboxylic acids is 4. The zero-order valence-electron chi connectivity index (χ0n) is 10.4. The molecule has 0 N–H and O–H groups in total. The maximum Gasteiger partial charge on any atom is 0.0636 e. The lowest BCUT2D eigenvalue weighted by Crippen LogP contribution is -2.17. The minimum Gasteiger partial charge on any atom is -0.545 e. The molecule has 8 nitrogen and oxygen atoms in total. The summed E-state index contributed by atoms with van der Waals surface area (Å²) in [7, 11) is 0.